The zero-order valence-electron chi connectivity index (χ0n) is 12.5. The summed E-state index contributed by atoms with van der Waals surface area (Å²) in [6, 6.07) is 7.39. The van der Waals surface area contributed by atoms with E-state index in [9.17, 15) is 4.79 Å². The SMILES string of the molecule is O=C(NCC1CCN(Cc2ccn[nH]2)CC1)c1ccccn1. The Kier molecular flexibility index (Phi) is 4.80. The van der Waals surface area contributed by atoms with Crippen molar-refractivity contribution in [2.45, 2.75) is 19.4 Å². The highest BCUT2D eigenvalue weighted by molar-refractivity contribution is 5.92. The van der Waals surface area contributed by atoms with Crippen molar-refractivity contribution in [3.05, 3.63) is 48.0 Å². The van der Waals surface area contributed by atoms with Crippen LogP contribution in [0.15, 0.2) is 36.7 Å². The fourth-order valence-electron chi connectivity index (χ4n) is 2.79. The van der Waals surface area contributed by atoms with Gasteiger partial charge >= 0.3 is 0 Å². The molecule has 0 unspecified atom stereocenters. The van der Waals surface area contributed by atoms with Crippen LogP contribution in [0.25, 0.3) is 0 Å². The minimum Gasteiger partial charge on any atom is -0.350 e. The van der Waals surface area contributed by atoms with E-state index >= 15 is 0 Å². The van der Waals surface area contributed by atoms with Gasteiger partial charge in [-0.15, -0.1) is 0 Å². The largest absolute Gasteiger partial charge is 0.350 e. The number of carbonyl (C=O) groups is 1. The minimum atomic E-state index is -0.0829. The first kappa shape index (κ1) is 14.7. The highest BCUT2D eigenvalue weighted by atomic mass is 16.1. The fraction of sp³-hybridized carbons (Fsp3) is 0.438. The summed E-state index contributed by atoms with van der Waals surface area (Å²) in [5.41, 5.74) is 1.64. The molecule has 1 saturated heterocycles. The summed E-state index contributed by atoms with van der Waals surface area (Å²) in [6.07, 6.45) is 5.64. The van der Waals surface area contributed by atoms with Crippen molar-refractivity contribution in [1.29, 1.82) is 0 Å². The lowest BCUT2D eigenvalue weighted by Crippen LogP contribution is -2.38. The standard InChI is InChI=1S/C16H21N5O/c22-16(15-3-1-2-7-17-15)18-11-13-5-9-21(10-6-13)12-14-4-8-19-20-14/h1-4,7-8,13H,5-6,9-12H2,(H,18,22)(H,19,20). The molecule has 1 aliphatic rings. The van der Waals surface area contributed by atoms with Gasteiger partial charge in [-0.1, -0.05) is 6.07 Å². The number of rotatable bonds is 5. The second-order valence-electron chi connectivity index (χ2n) is 5.73. The highest BCUT2D eigenvalue weighted by Gasteiger charge is 2.20. The quantitative estimate of drug-likeness (QED) is 0.876. The third-order valence-corrected chi connectivity index (χ3v) is 4.11. The second kappa shape index (κ2) is 7.17. The van der Waals surface area contributed by atoms with Gasteiger partial charge < -0.3 is 5.32 Å². The predicted octanol–water partition coefficient (Wildman–Crippen LogP) is 1.45. The monoisotopic (exact) mass is 299 g/mol. The van der Waals surface area contributed by atoms with Gasteiger partial charge in [0.05, 0.1) is 0 Å². The zero-order chi connectivity index (χ0) is 15.2. The summed E-state index contributed by atoms with van der Waals surface area (Å²) in [5, 5.41) is 9.97. The molecule has 2 N–H and O–H groups in total. The van der Waals surface area contributed by atoms with Crippen molar-refractivity contribution < 1.29 is 4.79 Å². The van der Waals surface area contributed by atoms with E-state index in [2.05, 4.69) is 25.4 Å². The highest BCUT2D eigenvalue weighted by Crippen LogP contribution is 2.17. The fourth-order valence-corrected chi connectivity index (χ4v) is 2.79. The van der Waals surface area contributed by atoms with Crippen LogP contribution in [-0.4, -0.2) is 45.6 Å². The first-order valence-electron chi connectivity index (χ1n) is 7.71. The summed E-state index contributed by atoms with van der Waals surface area (Å²) in [6.45, 7) is 3.77. The molecule has 1 aliphatic heterocycles. The van der Waals surface area contributed by atoms with E-state index in [-0.39, 0.29) is 5.91 Å². The Balaban J connectivity index is 1.40. The first-order valence-corrected chi connectivity index (χ1v) is 7.71. The Hall–Kier alpha value is -2.21. The number of carbonyl (C=O) groups excluding carboxylic acids is 1. The zero-order valence-corrected chi connectivity index (χ0v) is 12.5. The number of nitrogens with zero attached hydrogens (tertiary/aromatic N) is 3. The summed E-state index contributed by atoms with van der Waals surface area (Å²) in [5.74, 6) is 0.464. The Morgan fingerprint density at radius 1 is 1.27 bits per heavy atom. The number of aromatic nitrogens is 3. The Bertz CT molecular complexity index is 576. The smallest absolute Gasteiger partial charge is 0.269 e. The van der Waals surface area contributed by atoms with E-state index in [1.54, 1.807) is 18.5 Å². The van der Waals surface area contributed by atoms with Gasteiger partial charge in [-0.25, -0.2) is 0 Å². The van der Waals surface area contributed by atoms with Gasteiger partial charge in [0.15, 0.2) is 0 Å². The molecule has 6 nitrogen and oxygen atoms in total. The normalized spacial score (nSPS) is 16.5. The Labute approximate surface area is 129 Å². The molecule has 22 heavy (non-hydrogen) atoms. The van der Waals surface area contributed by atoms with E-state index in [1.807, 2.05) is 18.2 Å². The van der Waals surface area contributed by atoms with Crippen molar-refractivity contribution in [3.63, 3.8) is 0 Å². The first-order chi connectivity index (χ1) is 10.8. The summed E-state index contributed by atoms with van der Waals surface area (Å²) in [4.78, 5) is 18.5. The summed E-state index contributed by atoms with van der Waals surface area (Å²) in [7, 11) is 0. The molecule has 0 aromatic carbocycles. The molecule has 0 atom stereocenters. The number of H-pyrrole nitrogens is 1. The summed E-state index contributed by atoms with van der Waals surface area (Å²) >= 11 is 0. The van der Waals surface area contributed by atoms with Gasteiger partial charge in [0.2, 0.25) is 0 Å². The van der Waals surface area contributed by atoms with Gasteiger partial charge in [0, 0.05) is 31.2 Å². The third kappa shape index (κ3) is 3.92. The van der Waals surface area contributed by atoms with Crippen LogP contribution in [0, 0.1) is 5.92 Å². The van der Waals surface area contributed by atoms with Crippen LogP contribution in [-0.2, 0) is 6.54 Å². The average molecular weight is 299 g/mol. The second-order valence-corrected chi connectivity index (χ2v) is 5.73. The van der Waals surface area contributed by atoms with Crippen molar-refractivity contribution >= 4 is 5.91 Å². The van der Waals surface area contributed by atoms with Crippen LogP contribution in [0.1, 0.15) is 29.0 Å². The predicted molar refractivity (Wildman–Crippen MR) is 83.2 cm³/mol. The topological polar surface area (TPSA) is 73.9 Å². The summed E-state index contributed by atoms with van der Waals surface area (Å²) < 4.78 is 0. The van der Waals surface area contributed by atoms with Crippen molar-refractivity contribution in [1.82, 2.24) is 25.4 Å². The Morgan fingerprint density at radius 3 is 2.82 bits per heavy atom. The van der Waals surface area contributed by atoms with E-state index in [0.29, 0.717) is 11.6 Å². The molecule has 2 aromatic heterocycles. The van der Waals surface area contributed by atoms with E-state index in [4.69, 9.17) is 0 Å². The van der Waals surface area contributed by atoms with Crippen LogP contribution in [0.5, 0.6) is 0 Å². The number of nitrogens with one attached hydrogen (secondary N) is 2. The number of amides is 1. The molecule has 3 heterocycles. The molecule has 1 fully saturated rings. The van der Waals surface area contributed by atoms with Crippen LogP contribution in [0.4, 0.5) is 0 Å². The van der Waals surface area contributed by atoms with Crippen LogP contribution < -0.4 is 5.32 Å². The molecule has 3 rings (SSSR count). The van der Waals surface area contributed by atoms with Gasteiger partial charge in [0.25, 0.3) is 5.91 Å². The number of hydrogen-bond donors (Lipinski definition) is 2. The van der Waals surface area contributed by atoms with Gasteiger partial charge in [0.1, 0.15) is 5.69 Å². The van der Waals surface area contributed by atoms with Crippen molar-refractivity contribution in [3.8, 4) is 0 Å². The van der Waals surface area contributed by atoms with Gasteiger partial charge in [-0.3, -0.25) is 19.8 Å². The minimum absolute atomic E-state index is 0.0829. The van der Waals surface area contributed by atoms with Crippen LogP contribution in [0.2, 0.25) is 0 Å². The van der Waals surface area contributed by atoms with E-state index < -0.39 is 0 Å². The molecule has 0 spiro atoms. The molecule has 6 heteroatoms. The number of piperidine rings is 1. The maximum Gasteiger partial charge on any atom is 0.269 e. The van der Waals surface area contributed by atoms with Crippen molar-refractivity contribution in [2.24, 2.45) is 5.92 Å². The molecule has 2 aromatic rings. The lowest BCUT2D eigenvalue weighted by atomic mass is 9.96. The number of hydrogen-bond acceptors (Lipinski definition) is 4. The molecule has 0 saturated carbocycles. The lowest BCUT2D eigenvalue weighted by molar-refractivity contribution is 0.0930. The van der Waals surface area contributed by atoms with Crippen molar-refractivity contribution in [2.75, 3.05) is 19.6 Å². The molecular formula is C16H21N5O. The van der Waals surface area contributed by atoms with Gasteiger partial charge in [-0.05, 0) is 50.0 Å². The lowest BCUT2D eigenvalue weighted by Gasteiger charge is -2.31. The molecule has 1 amide bonds. The number of aromatic amines is 1. The molecule has 0 aliphatic carbocycles. The van der Waals surface area contributed by atoms with Crippen LogP contribution >= 0.6 is 0 Å². The maximum atomic E-state index is 12.0. The van der Waals surface area contributed by atoms with E-state index in [1.165, 1.54) is 0 Å². The average Bonchev–Trinajstić information content (AvgIpc) is 3.08. The molecular weight excluding hydrogens is 278 g/mol. The van der Waals surface area contributed by atoms with Gasteiger partial charge in [-0.2, -0.15) is 5.10 Å². The van der Waals surface area contributed by atoms with Crippen LogP contribution in [0.3, 0.4) is 0 Å². The molecule has 116 valence electrons. The third-order valence-electron chi connectivity index (χ3n) is 4.11. The van der Waals surface area contributed by atoms with E-state index in [0.717, 1.165) is 44.7 Å². The maximum absolute atomic E-state index is 12.0. The number of pyridine rings is 1. The molecule has 0 radical (unpaired) electrons. The number of likely N-dealkylation sites (tertiary alicyclic amines) is 1. The Morgan fingerprint density at radius 2 is 2.14 bits per heavy atom. The molecule has 0 bridgehead atoms.